The van der Waals surface area contributed by atoms with Crippen LogP contribution in [-0.2, 0) is 4.79 Å². The van der Waals surface area contributed by atoms with Crippen LogP contribution in [0, 0.1) is 5.92 Å². The van der Waals surface area contributed by atoms with E-state index in [1.807, 2.05) is 12.1 Å². The Morgan fingerprint density at radius 2 is 2.00 bits per heavy atom. The lowest BCUT2D eigenvalue weighted by Gasteiger charge is -2.45. The molecule has 0 radical (unpaired) electrons. The van der Waals surface area contributed by atoms with E-state index >= 15 is 0 Å². The fourth-order valence-electron chi connectivity index (χ4n) is 4.38. The van der Waals surface area contributed by atoms with E-state index in [9.17, 15) is 4.79 Å². The van der Waals surface area contributed by atoms with Crippen molar-refractivity contribution >= 4 is 11.9 Å². The molecule has 3 atom stereocenters. The van der Waals surface area contributed by atoms with E-state index < -0.39 is 0 Å². The maximum Gasteiger partial charge on any atom is 0.225 e. The predicted octanol–water partition coefficient (Wildman–Crippen LogP) is 1.52. The first-order valence-electron chi connectivity index (χ1n) is 8.77. The van der Waals surface area contributed by atoms with E-state index in [4.69, 9.17) is 0 Å². The van der Waals surface area contributed by atoms with Crippen molar-refractivity contribution in [1.82, 2.24) is 20.6 Å². The summed E-state index contributed by atoms with van der Waals surface area (Å²) in [5.74, 6) is 1.09. The number of anilines is 1. The van der Waals surface area contributed by atoms with E-state index in [-0.39, 0.29) is 17.5 Å². The molecule has 1 aromatic heterocycles. The monoisotopic (exact) mass is 337 g/mol. The van der Waals surface area contributed by atoms with Crippen molar-refractivity contribution in [1.29, 1.82) is 0 Å². The molecular weight excluding hydrogens is 314 g/mol. The summed E-state index contributed by atoms with van der Waals surface area (Å²) in [6.45, 7) is 3.96. The van der Waals surface area contributed by atoms with Gasteiger partial charge in [-0.25, -0.2) is 9.97 Å². The molecule has 25 heavy (non-hydrogen) atoms. The van der Waals surface area contributed by atoms with Gasteiger partial charge in [0.2, 0.25) is 11.9 Å². The number of hydrogen-bond acceptors (Lipinski definition) is 5. The molecule has 6 nitrogen and oxygen atoms in total. The van der Waals surface area contributed by atoms with Crippen LogP contribution in [0.25, 0.3) is 0 Å². The summed E-state index contributed by atoms with van der Waals surface area (Å²) >= 11 is 0. The number of nitrogens with one attached hydrogen (secondary N) is 2. The molecule has 2 aliphatic heterocycles. The molecule has 0 saturated carbocycles. The third-order valence-corrected chi connectivity index (χ3v) is 5.35. The van der Waals surface area contributed by atoms with Crippen molar-refractivity contribution in [3.63, 3.8) is 0 Å². The molecule has 0 bridgehead atoms. The lowest BCUT2D eigenvalue weighted by Crippen LogP contribution is -2.63. The smallest absolute Gasteiger partial charge is 0.225 e. The molecule has 2 saturated heterocycles. The maximum absolute atomic E-state index is 11.9. The Morgan fingerprint density at radius 1 is 1.24 bits per heavy atom. The number of amides is 1. The quantitative estimate of drug-likeness (QED) is 0.889. The van der Waals surface area contributed by atoms with Crippen molar-refractivity contribution in [3.05, 3.63) is 54.4 Å². The Hall–Kier alpha value is -2.47. The van der Waals surface area contributed by atoms with Crippen LogP contribution in [0.3, 0.4) is 0 Å². The molecule has 1 aromatic carbocycles. The van der Waals surface area contributed by atoms with Gasteiger partial charge in [-0.2, -0.15) is 0 Å². The van der Waals surface area contributed by atoms with Crippen LogP contribution in [0.2, 0.25) is 0 Å². The Labute approximate surface area is 147 Å². The summed E-state index contributed by atoms with van der Waals surface area (Å²) in [6, 6.07) is 12.6. The Bertz CT molecular complexity index is 738. The highest BCUT2D eigenvalue weighted by molar-refractivity contribution is 5.74. The Balaban J connectivity index is 1.64. The van der Waals surface area contributed by atoms with Gasteiger partial charge in [0.25, 0.3) is 0 Å². The summed E-state index contributed by atoms with van der Waals surface area (Å²) < 4.78 is 0. The van der Waals surface area contributed by atoms with Gasteiger partial charge in [0, 0.05) is 50.9 Å². The molecule has 2 N–H and O–H groups in total. The van der Waals surface area contributed by atoms with Gasteiger partial charge < -0.3 is 15.5 Å². The van der Waals surface area contributed by atoms with Crippen LogP contribution >= 0.6 is 0 Å². The zero-order valence-electron chi connectivity index (χ0n) is 14.4. The fraction of sp³-hybridized carbons (Fsp3) is 0.421. The number of aromatic nitrogens is 2. The second-order valence-electron chi connectivity index (χ2n) is 6.97. The lowest BCUT2D eigenvalue weighted by molar-refractivity contribution is -0.121. The van der Waals surface area contributed by atoms with Gasteiger partial charge in [0.1, 0.15) is 0 Å². The number of hydrogen-bond donors (Lipinski definition) is 2. The molecule has 130 valence electrons. The number of fused-ring (bicyclic) bond motifs is 1. The minimum Gasteiger partial charge on any atom is -0.347 e. The minimum atomic E-state index is -0.302. The van der Waals surface area contributed by atoms with Crippen LogP contribution in [0.15, 0.2) is 48.8 Å². The highest BCUT2D eigenvalue weighted by Gasteiger charge is 2.52. The summed E-state index contributed by atoms with van der Waals surface area (Å²) in [5.41, 5.74) is 0.980. The summed E-state index contributed by atoms with van der Waals surface area (Å²) in [4.78, 5) is 22.9. The summed E-state index contributed by atoms with van der Waals surface area (Å²) in [6.07, 6.45) is 4.50. The first-order chi connectivity index (χ1) is 12.2. The molecule has 0 spiro atoms. The molecular formula is C19H23N5O. The number of piperidine rings is 1. The molecule has 3 heterocycles. The molecule has 1 amide bonds. The minimum absolute atomic E-state index is 0.0105. The van der Waals surface area contributed by atoms with E-state index in [1.165, 1.54) is 5.56 Å². The van der Waals surface area contributed by atoms with Gasteiger partial charge in [0.15, 0.2) is 0 Å². The van der Waals surface area contributed by atoms with Crippen molar-refractivity contribution in [3.8, 4) is 0 Å². The topological polar surface area (TPSA) is 70.2 Å². The van der Waals surface area contributed by atoms with Crippen LogP contribution in [0.1, 0.15) is 24.9 Å². The van der Waals surface area contributed by atoms with Crippen LogP contribution in [0.5, 0.6) is 0 Å². The van der Waals surface area contributed by atoms with Crippen LogP contribution in [0.4, 0.5) is 5.95 Å². The zero-order chi connectivity index (χ0) is 17.3. The molecule has 2 fully saturated rings. The molecule has 6 heteroatoms. The number of nitrogens with zero attached hydrogens (tertiary/aromatic N) is 3. The van der Waals surface area contributed by atoms with Crippen molar-refractivity contribution < 1.29 is 4.79 Å². The highest BCUT2D eigenvalue weighted by atomic mass is 16.1. The van der Waals surface area contributed by atoms with E-state index in [0.29, 0.717) is 5.92 Å². The SMILES string of the molecule is CC(=O)N[C@]12CN[C@H](c3ccccc3)[C@H]1CCN(c1ncccn1)C2. The van der Waals surface area contributed by atoms with Crippen molar-refractivity contribution in [2.24, 2.45) is 5.92 Å². The molecule has 2 aliphatic rings. The van der Waals surface area contributed by atoms with E-state index in [2.05, 4.69) is 49.8 Å². The van der Waals surface area contributed by atoms with Gasteiger partial charge in [0.05, 0.1) is 5.54 Å². The number of carbonyl (C=O) groups is 1. The average molecular weight is 337 g/mol. The summed E-state index contributed by atoms with van der Waals surface area (Å²) in [7, 11) is 0. The van der Waals surface area contributed by atoms with Crippen LogP contribution < -0.4 is 15.5 Å². The number of carbonyl (C=O) groups excluding carboxylic acids is 1. The van der Waals surface area contributed by atoms with Gasteiger partial charge in [-0.15, -0.1) is 0 Å². The molecule has 0 unspecified atom stereocenters. The standard InChI is InChI=1S/C19H23N5O/c1-14(25)23-19-12-22-17(15-6-3-2-4-7-15)16(19)8-11-24(13-19)18-20-9-5-10-21-18/h2-7,9-10,16-17,22H,8,11-13H2,1H3,(H,23,25)/t16-,17-,19+/m1/s1. The largest absolute Gasteiger partial charge is 0.347 e. The van der Waals surface area contributed by atoms with Gasteiger partial charge >= 0.3 is 0 Å². The first-order valence-corrected chi connectivity index (χ1v) is 8.77. The fourth-order valence-corrected chi connectivity index (χ4v) is 4.38. The average Bonchev–Trinajstić information content (AvgIpc) is 3.00. The van der Waals surface area contributed by atoms with Gasteiger partial charge in [-0.1, -0.05) is 30.3 Å². The summed E-state index contributed by atoms with van der Waals surface area (Å²) in [5, 5.41) is 6.91. The first kappa shape index (κ1) is 16.0. The van der Waals surface area contributed by atoms with E-state index in [0.717, 1.165) is 32.0 Å². The van der Waals surface area contributed by atoms with Crippen molar-refractivity contribution in [2.75, 3.05) is 24.5 Å². The Kier molecular flexibility index (Phi) is 4.13. The van der Waals surface area contributed by atoms with Gasteiger partial charge in [-0.05, 0) is 18.1 Å². The van der Waals surface area contributed by atoms with Crippen molar-refractivity contribution in [2.45, 2.75) is 24.9 Å². The lowest BCUT2D eigenvalue weighted by atomic mass is 9.76. The molecule has 2 aromatic rings. The third kappa shape index (κ3) is 2.98. The molecule has 0 aliphatic carbocycles. The van der Waals surface area contributed by atoms with Crippen LogP contribution in [-0.4, -0.2) is 41.0 Å². The third-order valence-electron chi connectivity index (χ3n) is 5.35. The van der Waals surface area contributed by atoms with E-state index in [1.54, 1.807) is 19.3 Å². The second kappa shape index (κ2) is 6.44. The predicted molar refractivity (Wildman–Crippen MR) is 96.1 cm³/mol. The maximum atomic E-state index is 11.9. The highest BCUT2D eigenvalue weighted by Crippen LogP contribution is 2.42. The number of rotatable bonds is 3. The van der Waals surface area contributed by atoms with Gasteiger partial charge in [-0.3, -0.25) is 4.79 Å². The Morgan fingerprint density at radius 3 is 2.72 bits per heavy atom. The molecule has 4 rings (SSSR count). The number of benzene rings is 1. The normalized spacial score (nSPS) is 28.4. The second-order valence-corrected chi connectivity index (χ2v) is 6.97. The zero-order valence-corrected chi connectivity index (χ0v) is 14.4.